The normalized spacial score (nSPS) is 22.6. The van der Waals surface area contributed by atoms with Crippen molar-refractivity contribution in [2.24, 2.45) is 31.2 Å². The topological polar surface area (TPSA) is 173 Å². The van der Waals surface area contributed by atoms with Crippen LogP contribution >= 0.6 is 31.5 Å². The third-order valence-corrected chi connectivity index (χ3v) is 21.5. The molecule has 4 aromatic rings. The van der Waals surface area contributed by atoms with E-state index in [-0.39, 0.29) is 58.4 Å². The first-order valence-electron chi connectivity index (χ1n) is 25.6. The Balaban J connectivity index is 0. The van der Waals surface area contributed by atoms with Crippen LogP contribution in [0.25, 0.3) is 0 Å². The molecule has 5 unspecified atom stereocenters. The highest BCUT2D eigenvalue weighted by atomic mass is 35.5. The van der Waals surface area contributed by atoms with Gasteiger partial charge in [0.2, 0.25) is 10.0 Å². The summed E-state index contributed by atoms with van der Waals surface area (Å²) < 4.78 is 74.5. The fourth-order valence-corrected chi connectivity index (χ4v) is 13.1. The van der Waals surface area contributed by atoms with Crippen LogP contribution in [0.1, 0.15) is 140 Å². The number of aryl methyl sites for hydroxylation is 4. The lowest BCUT2D eigenvalue weighted by atomic mass is 9.82. The van der Waals surface area contributed by atoms with Crippen LogP contribution in [0.5, 0.6) is 0 Å². The maximum Gasteiger partial charge on any atom is 0.243 e. The van der Waals surface area contributed by atoms with Gasteiger partial charge >= 0.3 is 0 Å². The van der Waals surface area contributed by atoms with Gasteiger partial charge in [-0.1, -0.05) is 182 Å². The molecule has 17 heteroatoms. The van der Waals surface area contributed by atoms with E-state index in [0.29, 0.717) is 11.4 Å². The average Bonchev–Trinajstić information content (AvgIpc) is 4.15. The average molecular weight is 1200 g/mol. The van der Waals surface area contributed by atoms with E-state index in [1.165, 1.54) is 16.7 Å². The van der Waals surface area contributed by atoms with Gasteiger partial charge in [0.1, 0.15) is 24.6 Å². The third kappa shape index (κ3) is 24.1. The monoisotopic (exact) mass is 1200 g/mol. The zero-order valence-corrected chi connectivity index (χ0v) is 56.8. The van der Waals surface area contributed by atoms with Gasteiger partial charge < -0.3 is 26.1 Å². The van der Waals surface area contributed by atoms with Crippen molar-refractivity contribution in [3.05, 3.63) is 119 Å². The molecule has 2 aliphatic heterocycles. The van der Waals surface area contributed by atoms with Crippen molar-refractivity contribution in [2.75, 3.05) is 50.6 Å². The van der Waals surface area contributed by atoms with Crippen molar-refractivity contribution in [3.8, 4) is 0 Å². The first-order valence-corrected chi connectivity index (χ1v) is 35.8. The molecule has 0 radical (unpaired) electrons. The van der Waals surface area contributed by atoms with Gasteiger partial charge in [-0.2, -0.15) is 4.31 Å². The fraction of sp³-hybridized carbons (Fsp3) is 0.574. The molecule has 6 rings (SSSR count). The molecule has 78 heavy (non-hydrogen) atoms. The Morgan fingerprint density at radius 2 is 0.808 bits per heavy atom. The highest BCUT2D eigenvalue weighted by Crippen LogP contribution is 2.66. The second kappa shape index (κ2) is 28.6. The van der Waals surface area contributed by atoms with Gasteiger partial charge in [-0.25, -0.2) is 17.1 Å². The van der Waals surface area contributed by atoms with E-state index in [1.807, 2.05) is 129 Å². The summed E-state index contributed by atoms with van der Waals surface area (Å²) in [6.45, 7) is 42.6. The Morgan fingerprint density at radius 3 is 1.05 bits per heavy atom. The number of halogens is 1. The molecule has 11 nitrogen and oxygen atoms in total. The van der Waals surface area contributed by atoms with Crippen molar-refractivity contribution < 1.29 is 43.5 Å². The lowest BCUT2D eigenvalue weighted by molar-refractivity contribution is -0.124. The van der Waals surface area contributed by atoms with Crippen molar-refractivity contribution in [1.29, 1.82) is 0 Å². The van der Waals surface area contributed by atoms with Gasteiger partial charge in [0.05, 0.1) is 20.4 Å². The number of carbonyl (C=O) groups is 1. The molecule has 2 aliphatic rings. The number of Topliss-reactive ketones (excluding diaryl/α,β-unsaturated/α-hetero) is 1. The zero-order valence-electron chi connectivity index (χ0n) is 52.0. The van der Waals surface area contributed by atoms with Crippen molar-refractivity contribution in [2.45, 2.75) is 177 Å². The first-order chi connectivity index (χ1) is 33.7. The van der Waals surface area contributed by atoms with E-state index in [4.69, 9.17) is 5.14 Å². The van der Waals surface area contributed by atoms with Crippen LogP contribution < -0.4 is 17.5 Å². The minimum atomic E-state index is -3.34. The van der Waals surface area contributed by atoms with E-state index in [1.54, 1.807) is 48.4 Å². The zero-order chi connectivity index (χ0) is 59.9. The maximum absolute atomic E-state index is 12.5. The van der Waals surface area contributed by atoms with Crippen molar-refractivity contribution in [1.82, 2.24) is 8.61 Å². The van der Waals surface area contributed by atoms with Crippen LogP contribution in [0.3, 0.4) is 0 Å². The smallest absolute Gasteiger partial charge is 0.243 e. The van der Waals surface area contributed by atoms with Crippen LogP contribution in [-0.2, 0) is 29.0 Å². The maximum atomic E-state index is 12.5. The summed E-state index contributed by atoms with van der Waals surface area (Å²) in [6, 6.07) is 30.9. The highest BCUT2D eigenvalue weighted by molar-refractivity contribution is 8.27. The van der Waals surface area contributed by atoms with E-state index in [2.05, 4.69) is 109 Å². The predicted molar refractivity (Wildman–Crippen MR) is 344 cm³/mol. The highest BCUT2D eigenvalue weighted by Gasteiger charge is 2.62. The van der Waals surface area contributed by atoms with Crippen molar-refractivity contribution in [3.63, 3.8) is 0 Å². The summed E-state index contributed by atoms with van der Waals surface area (Å²) >= 11 is 0. The number of carbonyl (C=O) groups excluding carboxylic acids is 1. The molecule has 2 heterocycles. The molecule has 450 valence electrons. The largest absolute Gasteiger partial charge is 1.00 e. The summed E-state index contributed by atoms with van der Waals surface area (Å²) in [5, 5.41) is 5.55. The Kier molecular flexibility index (Phi) is 28.4. The van der Waals surface area contributed by atoms with E-state index < -0.39 is 51.4 Å². The molecule has 4 aromatic carbocycles. The Morgan fingerprint density at radius 1 is 0.551 bits per heavy atom. The molecule has 0 aliphatic carbocycles. The molecule has 0 amide bonds. The van der Waals surface area contributed by atoms with Gasteiger partial charge in [-0.3, -0.25) is 9.93 Å². The van der Waals surface area contributed by atoms with E-state index in [0.717, 1.165) is 32.5 Å². The van der Waals surface area contributed by atoms with Crippen LogP contribution in [0.15, 0.2) is 121 Å². The number of hydrogen-bond acceptors (Lipinski definition) is 10. The Hall–Kier alpha value is -2.58. The van der Waals surface area contributed by atoms with Gasteiger partial charge in [0.25, 0.3) is 0 Å². The quantitative estimate of drug-likeness (QED) is 0.0798. The lowest BCUT2D eigenvalue weighted by Crippen LogP contribution is -3.00. The number of nitrogens with two attached hydrogens (primary N) is 1. The molecule has 5 N–H and O–H groups in total. The molecule has 0 bridgehead atoms. The van der Waals surface area contributed by atoms with E-state index in [9.17, 15) is 31.1 Å². The minimum Gasteiger partial charge on any atom is -1.00 e. The van der Waals surface area contributed by atoms with Gasteiger partial charge in [0.15, 0.2) is 0 Å². The van der Waals surface area contributed by atoms with Crippen LogP contribution in [0.4, 0.5) is 0 Å². The second-order valence-electron chi connectivity index (χ2n) is 25.9. The third-order valence-electron chi connectivity index (χ3n) is 14.0. The second-order valence-corrected chi connectivity index (χ2v) is 38.5. The Labute approximate surface area is 489 Å². The molecule has 2 saturated heterocycles. The molecule has 0 aromatic heterocycles. The molecular formula is C61H107ClN4O7S5. The SMILES string of the molecule is C.CC(=NS(C)(O)c1ccc(C)cc1)C(C)(C)C.CC(=O)C(C)(C)C.C[S+](C)(C)=O.Cc1ccc(S(=O)(=O)N2C[C@@]2(C)C(C)(C)C)cc1.Cc1ccc(S(C)(N)O)cc1.Cc1ccc(S(C)(O)N2C[C@@]2(C)C(C)(C)C)cc1.[Cl-]. The van der Waals surface area contributed by atoms with Crippen LogP contribution in [-0.4, -0.2) is 104 Å². The lowest BCUT2D eigenvalue weighted by Gasteiger charge is -2.38. The number of nitrogens with zero attached hydrogens (tertiary/aromatic N) is 3. The van der Waals surface area contributed by atoms with Gasteiger partial charge in [0, 0.05) is 68.6 Å². The summed E-state index contributed by atoms with van der Waals surface area (Å²) in [5.41, 5.74) is 5.50. The van der Waals surface area contributed by atoms with Crippen LogP contribution in [0, 0.1) is 49.4 Å². The number of rotatable bonds is 7. The van der Waals surface area contributed by atoms with Gasteiger partial charge in [-0.05, 0) is 125 Å². The summed E-state index contributed by atoms with van der Waals surface area (Å²) in [6.07, 6.45) is 10.6. The van der Waals surface area contributed by atoms with E-state index >= 15 is 0 Å². The number of benzene rings is 4. The number of hydrogen-bond donors (Lipinski definition) is 4. The van der Waals surface area contributed by atoms with Crippen LogP contribution in [0.2, 0.25) is 0 Å². The Bertz CT molecular complexity index is 2680. The predicted octanol–water partition coefficient (Wildman–Crippen LogP) is 13.6. The minimum absolute atomic E-state index is 0. The molecule has 2 fully saturated rings. The standard InChI is InChI=1S/C15H25NOS.C14H21NO2S.C14H23NOS.C8H13NOS.C6H12O.C3H9OS.CH4.ClH/c1-12-7-9-13(10-8-12)18(6,17)16-11-15(16,5)14(2,3)4;1-11-6-8-12(9-7-11)18(16,17)15-10-14(15,5)13(2,3)4;1-11-7-9-13(10-8-11)17(6,16)15-12(2)14(3,4)5;1-7-3-5-8(6-4-7)11(2,9)10;1-5(7)6(2,3)4;1-5(2,3)4;;/h7-10,17H,11H2,1-6H3;6-9H,10H2,1-5H3;7-10,16H,1-6H3;3-6,10H,9H2,1-2H3;1-4H3;1-3H3;1H4;1H/q;;;;;+1;;/p-1/t15-,16?;14-,15?;;;;;;/m00....../s1. The number of ketones is 1. The number of sulfonamides is 1. The summed E-state index contributed by atoms with van der Waals surface area (Å²) in [5.74, 6) is 0.243. The molecule has 7 atom stereocenters. The molecule has 0 spiro atoms. The van der Waals surface area contributed by atoms with Gasteiger partial charge in [-0.15, -0.1) is 4.21 Å². The summed E-state index contributed by atoms with van der Waals surface area (Å²) in [7, 11) is -10.7. The first kappa shape index (κ1) is 77.5. The summed E-state index contributed by atoms with van der Waals surface area (Å²) in [4.78, 5) is 13.6. The fourth-order valence-electron chi connectivity index (χ4n) is 6.41. The molecule has 0 saturated carbocycles. The van der Waals surface area contributed by atoms with Crippen molar-refractivity contribution >= 4 is 62.9 Å². The molecular weight excluding hydrogens is 1100 g/mol.